The van der Waals surface area contributed by atoms with Crippen molar-refractivity contribution in [3.63, 3.8) is 0 Å². The van der Waals surface area contributed by atoms with Crippen LogP contribution >= 0.6 is 0 Å². The molecule has 0 aliphatic rings. The van der Waals surface area contributed by atoms with Crippen molar-refractivity contribution in [2.24, 2.45) is 0 Å². The van der Waals surface area contributed by atoms with Crippen molar-refractivity contribution < 1.29 is 15.5 Å². The topological polar surface area (TPSA) is 76.1 Å². The monoisotopic (exact) mass is 219 g/mol. The van der Waals surface area contributed by atoms with Gasteiger partial charge in [-0.05, 0) is 31.7 Å². The molecule has 3 nitrogen and oxygen atoms in total. The fourth-order valence-corrected chi connectivity index (χ4v) is 1.84. The van der Waals surface area contributed by atoms with Crippen LogP contribution in [0.15, 0.2) is 0 Å². The van der Waals surface area contributed by atoms with E-state index in [0.29, 0.717) is 0 Å². The van der Waals surface area contributed by atoms with Gasteiger partial charge in [0, 0.05) is 0 Å². The first kappa shape index (κ1) is 23.4. The van der Waals surface area contributed by atoms with Crippen molar-refractivity contribution >= 4 is 56.3 Å². The van der Waals surface area contributed by atoms with E-state index in [1.54, 1.807) is 0 Å². The maximum atomic E-state index is 8.25. The number of hydrogen-bond donors (Lipinski definition) is 0. The van der Waals surface area contributed by atoms with Gasteiger partial charge in [-0.15, -0.1) is 0 Å². The Kier molecular flexibility index (Phi) is 44.7. The third-order valence-electron chi connectivity index (χ3n) is 1.22. The summed E-state index contributed by atoms with van der Waals surface area (Å²) in [5.74, 6) is 4.15. The van der Waals surface area contributed by atoms with Crippen molar-refractivity contribution in [3.05, 3.63) is 0 Å². The Hall–Kier alpha value is 1.55. The third-order valence-corrected chi connectivity index (χ3v) is 3.67. The van der Waals surface area contributed by atoms with Crippen LogP contribution in [0, 0.1) is 0 Å². The van der Waals surface area contributed by atoms with Crippen molar-refractivity contribution in [2.75, 3.05) is 17.3 Å². The first-order chi connectivity index (χ1) is 4.76. The first-order valence-electron chi connectivity index (χ1n) is 3.46. The summed E-state index contributed by atoms with van der Waals surface area (Å²) in [6, 6.07) is 0. The fraction of sp³-hybridized carbons (Fsp3) is 1.00. The van der Waals surface area contributed by atoms with Gasteiger partial charge in [0.05, 0.1) is 0 Å². The van der Waals surface area contributed by atoms with Crippen LogP contribution in [0.3, 0.4) is 0 Å². The minimum absolute atomic E-state index is 0. The Morgan fingerprint density at radius 3 is 1.17 bits per heavy atom. The molecule has 0 aromatic heterocycles. The maximum absolute atomic E-state index is 8.25. The Morgan fingerprint density at radius 1 is 1.00 bits per heavy atom. The summed E-state index contributed by atoms with van der Waals surface area (Å²) >= 11 is 0. The van der Waals surface area contributed by atoms with Gasteiger partial charge >= 0.3 is 37.7 Å². The SMILES string of the molecule is CC[S+](CC)CC.[Ca+2].[O-][B][O-].[OH-]. The summed E-state index contributed by atoms with van der Waals surface area (Å²) < 4.78 is 0. The molecule has 0 aromatic rings. The molecule has 0 saturated heterocycles. The zero-order valence-electron chi connectivity index (χ0n) is 8.08. The second kappa shape index (κ2) is 22.9. The van der Waals surface area contributed by atoms with Gasteiger partial charge in [-0.1, -0.05) is 0 Å². The molecule has 0 aliphatic heterocycles. The molecular formula is C6H16BCaO3S. The van der Waals surface area contributed by atoms with E-state index in [1.165, 1.54) is 17.3 Å². The molecule has 1 radical (unpaired) electrons. The van der Waals surface area contributed by atoms with Crippen LogP contribution in [0.1, 0.15) is 20.8 Å². The van der Waals surface area contributed by atoms with Crippen LogP contribution in [-0.4, -0.2) is 68.2 Å². The minimum atomic E-state index is -0.500. The van der Waals surface area contributed by atoms with Crippen LogP contribution in [0.25, 0.3) is 0 Å². The number of rotatable bonds is 3. The molecule has 69 valence electrons. The van der Waals surface area contributed by atoms with Crippen LogP contribution in [0.5, 0.6) is 0 Å². The van der Waals surface area contributed by atoms with Gasteiger partial charge in [0.1, 0.15) is 17.3 Å². The standard InChI is InChI=1S/C6H15S.BO2.Ca.H2O/c1-4-7(5-2)6-3;2-1-3;;/h4-6H2,1-3H3;;;1H2/q+1;-2;+2;/p-1. The molecular weight excluding hydrogens is 203 g/mol. The van der Waals surface area contributed by atoms with Crippen LogP contribution in [0.2, 0.25) is 0 Å². The van der Waals surface area contributed by atoms with E-state index >= 15 is 0 Å². The largest absolute Gasteiger partial charge is 2.00 e. The Morgan fingerprint density at radius 2 is 1.17 bits per heavy atom. The molecule has 0 rings (SSSR count). The van der Waals surface area contributed by atoms with Crippen molar-refractivity contribution in [1.29, 1.82) is 0 Å². The third kappa shape index (κ3) is 22.6. The quantitative estimate of drug-likeness (QED) is 0.421. The minimum Gasteiger partial charge on any atom is -0.900 e. The van der Waals surface area contributed by atoms with Gasteiger partial charge in [-0.3, -0.25) is 0 Å². The summed E-state index contributed by atoms with van der Waals surface area (Å²) in [6.07, 6.45) is 0. The average molecular weight is 219 g/mol. The van der Waals surface area contributed by atoms with E-state index in [1.807, 2.05) is 0 Å². The summed E-state index contributed by atoms with van der Waals surface area (Å²) in [6.45, 7) is 6.82. The van der Waals surface area contributed by atoms with Gasteiger partial charge in [0.25, 0.3) is 0 Å². The van der Waals surface area contributed by atoms with Crippen molar-refractivity contribution in [3.8, 4) is 0 Å². The van der Waals surface area contributed by atoms with E-state index in [9.17, 15) is 0 Å². The van der Waals surface area contributed by atoms with Gasteiger partial charge in [0.2, 0.25) is 0 Å². The van der Waals surface area contributed by atoms with Gasteiger partial charge < -0.3 is 15.5 Å². The van der Waals surface area contributed by atoms with Crippen molar-refractivity contribution in [2.45, 2.75) is 20.8 Å². The molecule has 0 bridgehead atoms. The van der Waals surface area contributed by atoms with Crippen LogP contribution in [0.4, 0.5) is 0 Å². The van der Waals surface area contributed by atoms with Gasteiger partial charge in [0.15, 0.2) is 0 Å². The normalized spacial score (nSPS) is 7.17. The molecule has 12 heavy (non-hydrogen) atoms. The molecule has 1 N–H and O–H groups in total. The molecule has 0 atom stereocenters. The second-order valence-electron chi connectivity index (χ2n) is 1.57. The Labute approximate surface area is 109 Å². The summed E-state index contributed by atoms with van der Waals surface area (Å²) in [5, 5.41) is 16.5. The van der Waals surface area contributed by atoms with Gasteiger partial charge in [-0.25, -0.2) is 7.69 Å². The van der Waals surface area contributed by atoms with E-state index in [2.05, 4.69) is 20.8 Å². The first-order valence-corrected chi connectivity index (χ1v) is 5.19. The van der Waals surface area contributed by atoms with E-state index in [4.69, 9.17) is 10.0 Å². The zero-order valence-corrected chi connectivity index (χ0v) is 11.1. The summed E-state index contributed by atoms with van der Waals surface area (Å²) in [7, 11) is 0.255. The molecule has 0 spiro atoms. The molecule has 0 unspecified atom stereocenters. The Balaban J connectivity index is -0.0000000569. The number of hydrogen-bond acceptors (Lipinski definition) is 3. The summed E-state index contributed by atoms with van der Waals surface area (Å²) in [4.78, 5) is 0. The molecule has 0 aliphatic carbocycles. The predicted octanol–water partition coefficient (Wildman–Crippen LogP) is -1.65. The molecule has 0 amide bonds. The predicted molar refractivity (Wildman–Crippen MR) is 52.4 cm³/mol. The van der Waals surface area contributed by atoms with E-state index in [0.717, 1.165) is 10.9 Å². The van der Waals surface area contributed by atoms with Crippen LogP contribution in [-0.2, 0) is 10.9 Å². The Bertz CT molecular complexity index is 52.5. The molecule has 0 saturated carbocycles. The summed E-state index contributed by atoms with van der Waals surface area (Å²) in [5.41, 5.74) is 0. The second-order valence-corrected chi connectivity index (χ2v) is 4.53. The molecule has 0 aromatic carbocycles. The van der Waals surface area contributed by atoms with E-state index < -0.39 is 7.69 Å². The average Bonchev–Trinajstić information content (AvgIpc) is 1.93. The van der Waals surface area contributed by atoms with E-state index in [-0.39, 0.29) is 43.2 Å². The smallest absolute Gasteiger partial charge is 0.900 e. The van der Waals surface area contributed by atoms with Crippen molar-refractivity contribution in [1.82, 2.24) is 0 Å². The molecule has 0 heterocycles. The molecule has 0 fully saturated rings. The molecule has 6 heteroatoms. The van der Waals surface area contributed by atoms with Crippen LogP contribution < -0.4 is 10.0 Å². The van der Waals surface area contributed by atoms with Gasteiger partial charge in [-0.2, -0.15) is 0 Å². The fourth-order valence-electron chi connectivity index (χ4n) is 0.612. The maximum Gasteiger partial charge on any atom is 2.00 e. The zero-order chi connectivity index (χ0) is 8.41.